The molecule has 0 saturated heterocycles. The average Bonchev–Trinajstić information content (AvgIpc) is 3.66. The van der Waals surface area contributed by atoms with Gasteiger partial charge in [0.25, 0.3) is 5.91 Å². The molecule has 7 rings (SSSR count). The normalized spacial score (nSPS) is 20.1. The van der Waals surface area contributed by atoms with E-state index in [1.165, 1.54) is 12.1 Å². The number of hydrogen-bond acceptors (Lipinski definition) is 6. The molecule has 1 fully saturated rings. The molecule has 37 heavy (non-hydrogen) atoms. The van der Waals surface area contributed by atoms with E-state index >= 15 is 0 Å². The lowest BCUT2D eigenvalue weighted by Crippen LogP contribution is -2.49. The van der Waals surface area contributed by atoms with E-state index < -0.39 is 5.54 Å². The maximum atomic E-state index is 13.5. The fourth-order valence-corrected chi connectivity index (χ4v) is 5.11. The molecule has 0 spiro atoms. The van der Waals surface area contributed by atoms with E-state index in [0.717, 1.165) is 16.7 Å². The second kappa shape index (κ2) is 9.12. The number of nitrogens with two attached hydrogens (primary N) is 1. The van der Waals surface area contributed by atoms with E-state index in [2.05, 4.69) is 5.32 Å². The second-order valence-corrected chi connectivity index (χ2v) is 9.98. The van der Waals surface area contributed by atoms with E-state index in [9.17, 15) is 14.7 Å². The predicted octanol–water partition coefficient (Wildman–Crippen LogP) is 3.66. The third-order valence-corrected chi connectivity index (χ3v) is 7.32. The highest BCUT2D eigenvalue weighted by atomic mass is 16.5. The van der Waals surface area contributed by atoms with Crippen LogP contribution in [0.1, 0.15) is 52.4 Å². The summed E-state index contributed by atoms with van der Waals surface area (Å²) in [5.41, 5.74) is 8.81. The summed E-state index contributed by atoms with van der Waals surface area (Å²) >= 11 is 0. The Kier molecular flexibility index (Phi) is 5.76. The molecule has 2 amide bonds. The van der Waals surface area contributed by atoms with Crippen LogP contribution in [0, 0.1) is 0 Å². The fourth-order valence-electron chi connectivity index (χ4n) is 5.11. The Morgan fingerprint density at radius 1 is 1.05 bits per heavy atom. The Morgan fingerprint density at radius 3 is 2.70 bits per heavy atom. The lowest BCUT2D eigenvalue weighted by atomic mass is 9.87. The van der Waals surface area contributed by atoms with Crippen LogP contribution in [0.15, 0.2) is 60.7 Å². The molecule has 8 bridgehead atoms. The van der Waals surface area contributed by atoms with Gasteiger partial charge in [0, 0.05) is 13.1 Å². The van der Waals surface area contributed by atoms with Crippen LogP contribution in [0.25, 0.3) is 0 Å². The van der Waals surface area contributed by atoms with Gasteiger partial charge in [0.2, 0.25) is 5.91 Å². The van der Waals surface area contributed by atoms with E-state index in [1.54, 1.807) is 6.07 Å². The summed E-state index contributed by atoms with van der Waals surface area (Å²) in [6.45, 7) is 1.34. The van der Waals surface area contributed by atoms with Crippen LogP contribution >= 0.6 is 0 Å². The van der Waals surface area contributed by atoms with Crippen molar-refractivity contribution < 1.29 is 24.2 Å². The monoisotopic (exact) mass is 499 g/mol. The zero-order valence-electron chi connectivity index (χ0n) is 20.4. The number of phenols is 1. The molecule has 4 N–H and O–H groups in total. The molecule has 1 atom stereocenters. The number of carbonyl (C=O) groups excluding carboxylic acids is 2. The van der Waals surface area contributed by atoms with Crippen molar-refractivity contribution in [2.45, 2.75) is 37.3 Å². The minimum atomic E-state index is -0.762. The summed E-state index contributed by atoms with van der Waals surface area (Å²) in [7, 11) is 0. The second-order valence-electron chi connectivity index (χ2n) is 9.98. The number of nitrogens with zero attached hydrogens (tertiary/aromatic N) is 1. The summed E-state index contributed by atoms with van der Waals surface area (Å²) in [6, 6.07) is 18.0. The molecule has 8 heteroatoms. The maximum Gasteiger partial charge on any atom is 0.255 e. The van der Waals surface area contributed by atoms with Crippen molar-refractivity contribution in [3.05, 3.63) is 82.9 Å². The molecule has 3 heterocycles. The van der Waals surface area contributed by atoms with Gasteiger partial charge in [-0.05, 0) is 84.8 Å². The molecule has 190 valence electrons. The van der Waals surface area contributed by atoms with E-state index in [4.69, 9.17) is 15.2 Å². The molecule has 1 saturated carbocycles. The predicted molar refractivity (Wildman–Crippen MR) is 137 cm³/mol. The largest absolute Gasteiger partial charge is 0.507 e. The van der Waals surface area contributed by atoms with Gasteiger partial charge in [-0.25, -0.2) is 0 Å². The molecule has 4 aliphatic rings. The minimum absolute atomic E-state index is 0.00990. The van der Waals surface area contributed by atoms with Gasteiger partial charge in [0.15, 0.2) is 0 Å². The Bertz CT molecular complexity index is 1380. The van der Waals surface area contributed by atoms with Crippen LogP contribution in [-0.4, -0.2) is 47.1 Å². The molecular formula is C29H29N3O5. The van der Waals surface area contributed by atoms with Crippen LogP contribution in [0.4, 0.5) is 0 Å². The number of hydrogen-bond donors (Lipinski definition) is 3. The van der Waals surface area contributed by atoms with E-state index in [0.29, 0.717) is 62.6 Å². The zero-order chi connectivity index (χ0) is 25.6. The molecule has 8 nitrogen and oxygen atoms in total. The van der Waals surface area contributed by atoms with Gasteiger partial charge in [-0.2, -0.15) is 0 Å². The molecule has 0 aromatic heterocycles. The van der Waals surface area contributed by atoms with Crippen LogP contribution in [-0.2, 0) is 11.2 Å². The zero-order valence-corrected chi connectivity index (χ0v) is 20.4. The number of rotatable bonds is 1. The third kappa shape index (κ3) is 4.49. The van der Waals surface area contributed by atoms with Crippen LogP contribution in [0.5, 0.6) is 23.0 Å². The van der Waals surface area contributed by atoms with Crippen molar-refractivity contribution in [3.8, 4) is 23.0 Å². The van der Waals surface area contributed by atoms with Crippen molar-refractivity contribution in [3.63, 3.8) is 0 Å². The molecule has 3 aromatic rings. The maximum absolute atomic E-state index is 13.5. The lowest BCUT2D eigenvalue weighted by Gasteiger charge is -2.39. The summed E-state index contributed by atoms with van der Waals surface area (Å²) in [4.78, 5) is 28.0. The number of fused-ring (bicyclic) bond motifs is 6. The van der Waals surface area contributed by atoms with Crippen molar-refractivity contribution in [1.29, 1.82) is 0 Å². The number of ether oxygens (including phenoxy) is 2. The number of phenolic OH excluding ortho intramolecular Hbond substituents is 1. The number of aromatic hydroxyl groups is 1. The van der Waals surface area contributed by atoms with Gasteiger partial charge in [0.05, 0.1) is 23.8 Å². The first-order valence-electron chi connectivity index (χ1n) is 12.7. The first kappa shape index (κ1) is 23.4. The molecule has 3 aliphatic heterocycles. The lowest BCUT2D eigenvalue weighted by molar-refractivity contribution is -0.135. The Labute approximate surface area is 215 Å². The molecule has 3 aromatic carbocycles. The number of benzene rings is 3. The topological polar surface area (TPSA) is 114 Å². The van der Waals surface area contributed by atoms with Gasteiger partial charge in [-0.15, -0.1) is 0 Å². The van der Waals surface area contributed by atoms with Crippen LogP contribution in [0.2, 0.25) is 0 Å². The molecule has 0 radical (unpaired) electrons. The van der Waals surface area contributed by atoms with Gasteiger partial charge < -0.3 is 30.5 Å². The smallest absolute Gasteiger partial charge is 0.255 e. The summed E-state index contributed by atoms with van der Waals surface area (Å²) < 4.78 is 12.1. The van der Waals surface area contributed by atoms with Crippen molar-refractivity contribution in [1.82, 2.24) is 10.2 Å². The van der Waals surface area contributed by atoms with Crippen molar-refractivity contribution in [2.24, 2.45) is 5.73 Å². The number of carbonyl (C=O) groups is 2. The Hall–Kier alpha value is -4.04. The average molecular weight is 500 g/mol. The molecule has 1 unspecified atom stereocenters. The fraction of sp³-hybridized carbons (Fsp3) is 0.310. The highest BCUT2D eigenvalue weighted by Gasteiger charge is 2.50. The van der Waals surface area contributed by atoms with E-state index in [1.807, 2.05) is 47.4 Å². The SMILES string of the molecule is NC1(C(=O)N2CCc3cc4ccc3C2c2cccc(c2)OCCCNC(=O)c2cc(ccc2O)O4)CC1. The Morgan fingerprint density at radius 2 is 1.86 bits per heavy atom. The minimum Gasteiger partial charge on any atom is -0.507 e. The van der Waals surface area contributed by atoms with Gasteiger partial charge in [-0.1, -0.05) is 18.2 Å². The summed E-state index contributed by atoms with van der Waals surface area (Å²) in [5, 5.41) is 13.1. The standard InChI is InChI=1S/C29H29N3O5/c30-29(10-11-29)28(35)32-13-9-18-15-21-5-7-23(18)26(32)19-3-1-4-20(16-19)36-14-2-12-31-27(34)24-17-22(37-21)6-8-25(24)33/h1,3-8,15-17,26,33H,2,9-14,30H2,(H,31,34). The first-order valence-corrected chi connectivity index (χ1v) is 12.7. The molecular weight excluding hydrogens is 470 g/mol. The van der Waals surface area contributed by atoms with Gasteiger partial charge >= 0.3 is 0 Å². The van der Waals surface area contributed by atoms with Crippen molar-refractivity contribution >= 4 is 11.8 Å². The number of nitrogens with one attached hydrogen (secondary N) is 1. The third-order valence-electron chi connectivity index (χ3n) is 7.32. The van der Waals surface area contributed by atoms with Crippen LogP contribution < -0.4 is 20.5 Å². The summed E-state index contributed by atoms with van der Waals surface area (Å²) in [5.74, 6) is 1.26. The molecule has 1 aliphatic carbocycles. The van der Waals surface area contributed by atoms with Gasteiger partial charge in [-0.3, -0.25) is 9.59 Å². The van der Waals surface area contributed by atoms with Crippen LogP contribution in [0.3, 0.4) is 0 Å². The quantitative estimate of drug-likeness (QED) is 0.471. The number of amides is 2. The Balaban J connectivity index is 1.43. The van der Waals surface area contributed by atoms with Crippen molar-refractivity contribution in [2.75, 3.05) is 19.7 Å². The van der Waals surface area contributed by atoms with Gasteiger partial charge in [0.1, 0.15) is 23.0 Å². The summed E-state index contributed by atoms with van der Waals surface area (Å²) in [6.07, 6.45) is 2.68. The first-order chi connectivity index (χ1) is 17.9. The highest BCUT2D eigenvalue weighted by Crippen LogP contribution is 2.43. The van der Waals surface area contributed by atoms with E-state index in [-0.39, 0.29) is 29.2 Å². The highest BCUT2D eigenvalue weighted by molar-refractivity contribution is 5.97.